The molecule has 2 aromatic carbocycles. The summed E-state index contributed by atoms with van der Waals surface area (Å²) in [7, 11) is 1.37. The van der Waals surface area contributed by atoms with Gasteiger partial charge in [-0.3, -0.25) is 4.79 Å². The van der Waals surface area contributed by atoms with E-state index in [0.29, 0.717) is 33.7 Å². The maximum Gasteiger partial charge on any atom is 0.432 e. The van der Waals surface area contributed by atoms with Crippen molar-refractivity contribution in [1.82, 2.24) is 0 Å². The second kappa shape index (κ2) is 22.1. The first-order chi connectivity index (χ1) is 27.1. The molecule has 322 valence electrons. The minimum atomic E-state index is -5.34. The molecule has 8 nitrogen and oxygen atoms in total. The van der Waals surface area contributed by atoms with Crippen LogP contribution in [0, 0.1) is 0 Å². The number of esters is 3. The summed E-state index contributed by atoms with van der Waals surface area (Å²) >= 11 is 0. The van der Waals surface area contributed by atoms with E-state index < -0.39 is 58.3 Å². The van der Waals surface area contributed by atoms with Gasteiger partial charge in [-0.1, -0.05) is 95.6 Å². The molecule has 0 saturated carbocycles. The molecular formula is C44H56F6O8. The fourth-order valence-corrected chi connectivity index (χ4v) is 6.35. The lowest BCUT2D eigenvalue weighted by Gasteiger charge is -2.40. The summed E-state index contributed by atoms with van der Waals surface area (Å²) in [6.45, 7) is 9.86. The number of allylic oxidation sites excluding steroid dienone is 6. The third-order valence-corrected chi connectivity index (χ3v) is 9.73. The van der Waals surface area contributed by atoms with Crippen LogP contribution in [0.5, 0.6) is 0 Å². The fraction of sp³-hybridized carbons (Fsp3) is 0.523. The van der Waals surface area contributed by atoms with Crippen molar-refractivity contribution in [2.75, 3.05) is 20.8 Å². The summed E-state index contributed by atoms with van der Waals surface area (Å²) in [6, 6.07) is 12.1. The van der Waals surface area contributed by atoms with Gasteiger partial charge in [-0.2, -0.15) is 26.3 Å². The molecule has 0 unspecified atom stereocenters. The highest BCUT2D eigenvalue weighted by Gasteiger charge is 2.66. The van der Waals surface area contributed by atoms with Crippen LogP contribution in [0.15, 0.2) is 95.6 Å². The first-order valence-corrected chi connectivity index (χ1v) is 19.0. The summed E-state index contributed by atoms with van der Waals surface area (Å²) in [5, 5.41) is 0. The van der Waals surface area contributed by atoms with Crippen LogP contribution in [0.3, 0.4) is 0 Å². The summed E-state index contributed by atoms with van der Waals surface area (Å²) in [5.74, 6) is -4.10. The molecule has 0 radical (unpaired) electrons. The maximum atomic E-state index is 14.8. The molecule has 14 heteroatoms. The van der Waals surface area contributed by atoms with Gasteiger partial charge in [0.1, 0.15) is 11.7 Å². The van der Waals surface area contributed by atoms with Crippen LogP contribution in [0.25, 0.3) is 0 Å². The fourth-order valence-electron chi connectivity index (χ4n) is 6.35. The average molecular weight is 827 g/mol. The van der Waals surface area contributed by atoms with Gasteiger partial charge in [-0.25, -0.2) is 9.59 Å². The monoisotopic (exact) mass is 826 g/mol. The van der Waals surface area contributed by atoms with E-state index in [9.17, 15) is 40.7 Å². The largest absolute Gasteiger partial charge is 0.466 e. The Balaban J connectivity index is 2.35. The number of benzene rings is 2. The summed E-state index contributed by atoms with van der Waals surface area (Å²) in [4.78, 5) is 38.4. The molecule has 3 atom stereocenters. The van der Waals surface area contributed by atoms with Gasteiger partial charge < -0.3 is 23.7 Å². The van der Waals surface area contributed by atoms with Crippen LogP contribution < -0.4 is 0 Å². The van der Waals surface area contributed by atoms with E-state index in [1.165, 1.54) is 48.9 Å². The first kappa shape index (κ1) is 49.7. The third-order valence-electron chi connectivity index (χ3n) is 9.73. The molecule has 0 aliphatic carbocycles. The Morgan fingerprint density at radius 3 is 1.50 bits per heavy atom. The number of unbranched alkanes of at least 4 members (excludes halogenated alkanes) is 1. The van der Waals surface area contributed by atoms with Crippen LogP contribution in [0.1, 0.15) is 104 Å². The van der Waals surface area contributed by atoms with Gasteiger partial charge in [-0.05, 0) is 86.0 Å². The SMILES string of the molecule is CO[C@](C(=O)O[C@H](CC/C(C)=C/CC/C(C)=C/CC/C=C(\C)CCCOC(C)=O)C(C)(C)OC(=O)[C@@](OC)(c1ccccc1)C(F)(F)F)(c1ccccc1)C(F)(F)F. The molecule has 0 fully saturated rings. The van der Waals surface area contributed by atoms with Gasteiger partial charge >= 0.3 is 30.3 Å². The van der Waals surface area contributed by atoms with Crippen LogP contribution >= 0.6 is 0 Å². The molecule has 0 amide bonds. The molecule has 58 heavy (non-hydrogen) atoms. The van der Waals surface area contributed by atoms with Crippen molar-refractivity contribution in [2.24, 2.45) is 0 Å². The second-order valence-corrected chi connectivity index (χ2v) is 14.6. The van der Waals surface area contributed by atoms with Crippen molar-refractivity contribution in [1.29, 1.82) is 0 Å². The maximum absolute atomic E-state index is 14.8. The Kier molecular flexibility index (Phi) is 18.9. The molecule has 0 bridgehead atoms. The number of carbonyl (C=O) groups is 3. The standard InChI is InChI=1S/C44H56F6O8/c1-31(19-15-16-20-32(2)23-18-30-56-34(4)51)21-17-22-33(3)28-29-37(57-38(52)41(54-7,43(45,46)47)35-24-11-9-12-25-35)40(5,6)58-39(53)42(55-8,44(48,49)50)36-26-13-10-14-27-36/h9-14,19-20,22,24-27,37H,15-18,21,23,28-30H2,1-8H3/b31-19+,32-20+,33-22+/t37-,41+,42+/m1/s1. The smallest absolute Gasteiger partial charge is 0.432 e. The molecule has 0 aliphatic rings. The van der Waals surface area contributed by atoms with Gasteiger partial charge in [0.15, 0.2) is 0 Å². The number of halogens is 6. The lowest BCUT2D eigenvalue weighted by atomic mass is 9.90. The van der Waals surface area contributed by atoms with Crippen molar-refractivity contribution in [3.8, 4) is 0 Å². The van der Waals surface area contributed by atoms with Crippen molar-refractivity contribution >= 4 is 17.9 Å². The first-order valence-electron chi connectivity index (χ1n) is 19.0. The number of rotatable bonds is 22. The predicted molar refractivity (Wildman–Crippen MR) is 207 cm³/mol. The number of hydrogen-bond acceptors (Lipinski definition) is 8. The van der Waals surface area contributed by atoms with Gasteiger partial charge in [0, 0.05) is 32.3 Å². The Morgan fingerprint density at radius 2 is 1.05 bits per heavy atom. The van der Waals surface area contributed by atoms with E-state index in [2.05, 4.69) is 12.2 Å². The van der Waals surface area contributed by atoms with E-state index in [-0.39, 0.29) is 18.8 Å². The van der Waals surface area contributed by atoms with E-state index in [1.54, 1.807) is 6.92 Å². The van der Waals surface area contributed by atoms with Gasteiger partial charge in [0.2, 0.25) is 0 Å². The van der Waals surface area contributed by atoms with Crippen molar-refractivity contribution in [3.63, 3.8) is 0 Å². The lowest BCUT2D eigenvalue weighted by Crippen LogP contribution is -2.57. The molecule has 0 heterocycles. The molecule has 0 spiro atoms. The lowest BCUT2D eigenvalue weighted by molar-refractivity contribution is -0.289. The average Bonchev–Trinajstić information content (AvgIpc) is 3.14. The van der Waals surface area contributed by atoms with Crippen molar-refractivity contribution in [2.45, 2.75) is 128 Å². The quantitative estimate of drug-likeness (QED) is 0.0381. The number of ether oxygens (including phenoxy) is 5. The third kappa shape index (κ3) is 13.3. The molecule has 2 aromatic rings. The Morgan fingerprint density at radius 1 is 0.621 bits per heavy atom. The summed E-state index contributed by atoms with van der Waals surface area (Å²) in [6.07, 6.45) is -1.75. The predicted octanol–water partition coefficient (Wildman–Crippen LogP) is 11.0. The molecule has 0 N–H and O–H groups in total. The van der Waals surface area contributed by atoms with Crippen molar-refractivity contribution in [3.05, 3.63) is 107 Å². The Labute approximate surface area is 337 Å². The number of carbonyl (C=O) groups excluding carboxylic acids is 3. The minimum Gasteiger partial charge on any atom is -0.466 e. The van der Waals surface area contributed by atoms with E-state index in [0.717, 1.165) is 74.9 Å². The zero-order chi connectivity index (χ0) is 43.8. The topological polar surface area (TPSA) is 97.4 Å². The summed E-state index contributed by atoms with van der Waals surface area (Å²) in [5.41, 5.74) is -7.45. The zero-order valence-corrected chi connectivity index (χ0v) is 34.5. The van der Waals surface area contributed by atoms with Gasteiger partial charge in [-0.15, -0.1) is 0 Å². The molecule has 2 rings (SSSR count). The minimum absolute atomic E-state index is 0.119. The second-order valence-electron chi connectivity index (χ2n) is 14.6. The van der Waals surface area contributed by atoms with Crippen molar-refractivity contribution < 1.29 is 64.4 Å². The highest BCUT2D eigenvalue weighted by atomic mass is 19.4. The van der Waals surface area contributed by atoms with Gasteiger partial charge in [0.25, 0.3) is 11.2 Å². The van der Waals surface area contributed by atoms with Crippen LogP contribution in [0.2, 0.25) is 0 Å². The van der Waals surface area contributed by atoms with E-state index >= 15 is 0 Å². The molecule has 0 saturated heterocycles. The normalized spacial score (nSPS) is 15.9. The van der Waals surface area contributed by atoms with Crippen LogP contribution in [-0.4, -0.2) is 62.8 Å². The number of hydrogen-bond donors (Lipinski definition) is 0. The Bertz CT molecular complexity index is 1720. The van der Waals surface area contributed by atoms with Crippen LogP contribution in [0.4, 0.5) is 26.3 Å². The number of alkyl halides is 6. The Hall–Kier alpha value is -4.43. The highest BCUT2D eigenvalue weighted by molar-refractivity contribution is 5.84. The van der Waals surface area contributed by atoms with E-state index in [1.807, 2.05) is 19.9 Å². The molecular weight excluding hydrogens is 770 g/mol. The molecule has 0 aromatic heterocycles. The molecule has 0 aliphatic heterocycles. The summed E-state index contributed by atoms with van der Waals surface area (Å²) < 4.78 is 115. The number of methoxy groups -OCH3 is 2. The zero-order valence-electron chi connectivity index (χ0n) is 34.5. The van der Waals surface area contributed by atoms with Gasteiger partial charge in [0.05, 0.1) is 6.61 Å². The van der Waals surface area contributed by atoms with E-state index in [4.69, 9.17) is 23.7 Å². The van der Waals surface area contributed by atoms with Crippen LogP contribution in [-0.2, 0) is 49.3 Å². The highest BCUT2D eigenvalue weighted by Crippen LogP contribution is 2.46.